The first-order valence-electron chi connectivity index (χ1n) is 8.38. The molecule has 3 nitrogen and oxygen atoms in total. The molecule has 0 saturated heterocycles. The van der Waals surface area contributed by atoms with Gasteiger partial charge in [-0.2, -0.15) is 0 Å². The quantitative estimate of drug-likeness (QED) is 0.569. The van der Waals surface area contributed by atoms with E-state index in [1.165, 1.54) is 0 Å². The summed E-state index contributed by atoms with van der Waals surface area (Å²) in [5.74, 6) is 0.561. The van der Waals surface area contributed by atoms with Crippen LogP contribution in [0.3, 0.4) is 0 Å². The Labute approximate surface area is 162 Å². The van der Waals surface area contributed by atoms with Crippen molar-refractivity contribution >= 4 is 27.5 Å². The predicted octanol–water partition coefficient (Wildman–Crippen LogP) is 5.90. The fourth-order valence-corrected chi connectivity index (χ4v) is 3.07. The lowest BCUT2D eigenvalue weighted by Gasteiger charge is -2.12. The van der Waals surface area contributed by atoms with Crippen LogP contribution < -0.4 is 10.1 Å². The maximum Gasteiger partial charge on any atom is 0.255 e. The summed E-state index contributed by atoms with van der Waals surface area (Å²) in [7, 11) is 0. The van der Waals surface area contributed by atoms with E-state index in [1.54, 1.807) is 12.1 Å². The van der Waals surface area contributed by atoms with Crippen LogP contribution in [0.25, 0.3) is 0 Å². The van der Waals surface area contributed by atoms with Gasteiger partial charge < -0.3 is 10.1 Å². The van der Waals surface area contributed by atoms with E-state index in [4.69, 9.17) is 4.74 Å². The molecule has 0 heterocycles. The fraction of sp³-hybridized carbons (Fsp3) is 0.136. The number of carbonyl (C=O) groups excluding carboxylic acids is 1. The Bertz CT molecular complexity index is 923. The van der Waals surface area contributed by atoms with E-state index in [2.05, 4.69) is 21.2 Å². The van der Waals surface area contributed by atoms with E-state index in [-0.39, 0.29) is 5.91 Å². The molecule has 0 atom stereocenters. The van der Waals surface area contributed by atoms with Gasteiger partial charge in [0.05, 0.1) is 4.47 Å². The molecule has 3 aromatic carbocycles. The van der Waals surface area contributed by atoms with Gasteiger partial charge in [0.25, 0.3) is 5.91 Å². The summed E-state index contributed by atoms with van der Waals surface area (Å²) >= 11 is 3.50. The van der Waals surface area contributed by atoms with E-state index < -0.39 is 0 Å². The van der Waals surface area contributed by atoms with Gasteiger partial charge in [0.15, 0.2) is 0 Å². The van der Waals surface area contributed by atoms with Crippen LogP contribution in [-0.4, -0.2) is 5.91 Å². The molecule has 1 N–H and O–H groups in total. The Hall–Kier alpha value is -2.59. The Kier molecular flexibility index (Phi) is 5.74. The molecule has 1 amide bonds. The second-order valence-corrected chi connectivity index (χ2v) is 6.98. The zero-order valence-electron chi connectivity index (χ0n) is 14.8. The van der Waals surface area contributed by atoms with Gasteiger partial charge in [0.1, 0.15) is 12.4 Å². The predicted molar refractivity (Wildman–Crippen MR) is 109 cm³/mol. The highest BCUT2D eigenvalue weighted by Crippen LogP contribution is 2.27. The fourth-order valence-electron chi connectivity index (χ4n) is 2.58. The summed E-state index contributed by atoms with van der Waals surface area (Å²) in [4.78, 5) is 12.5. The van der Waals surface area contributed by atoms with Crippen LogP contribution in [0.5, 0.6) is 5.75 Å². The maximum atomic E-state index is 12.5. The highest BCUT2D eigenvalue weighted by atomic mass is 79.9. The number of anilines is 1. The molecule has 132 valence electrons. The highest BCUT2D eigenvalue weighted by molar-refractivity contribution is 9.10. The molecule has 0 spiro atoms. The SMILES string of the molecule is Cc1cccc(NC(=O)c2ccc(OCc3ccccc3)c(Br)c2)c1C. The minimum atomic E-state index is -0.144. The molecule has 3 aromatic rings. The molecule has 3 rings (SSSR count). The summed E-state index contributed by atoms with van der Waals surface area (Å²) in [6.07, 6.45) is 0. The summed E-state index contributed by atoms with van der Waals surface area (Å²) < 4.78 is 6.58. The van der Waals surface area contributed by atoms with Gasteiger partial charge in [-0.1, -0.05) is 42.5 Å². The van der Waals surface area contributed by atoms with E-state index in [9.17, 15) is 4.79 Å². The van der Waals surface area contributed by atoms with Crippen molar-refractivity contribution in [1.82, 2.24) is 0 Å². The van der Waals surface area contributed by atoms with E-state index in [0.29, 0.717) is 17.9 Å². The lowest BCUT2D eigenvalue weighted by molar-refractivity contribution is 0.102. The van der Waals surface area contributed by atoms with Crippen molar-refractivity contribution in [3.63, 3.8) is 0 Å². The van der Waals surface area contributed by atoms with Crippen LogP contribution in [-0.2, 0) is 6.61 Å². The Balaban J connectivity index is 1.70. The molecule has 0 bridgehead atoms. The van der Waals surface area contributed by atoms with Gasteiger partial charge in [-0.05, 0) is 70.7 Å². The van der Waals surface area contributed by atoms with Crippen LogP contribution in [0.2, 0.25) is 0 Å². The van der Waals surface area contributed by atoms with E-state index in [1.807, 2.05) is 68.4 Å². The van der Waals surface area contributed by atoms with E-state index >= 15 is 0 Å². The molecular weight excluding hydrogens is 390 g/mol. The van der Waals surface area contributed by atoms with Gasteiger partial charge in [-0.15, -0.1) is 0 Å². The second kappa shape index (κ2) is 8.19. The first kappa shape index (κ1) is 18.2. The first-order chi connectivity index (χ1) is 12.5. The smallest absolute Gasteiger partial charge is 0.255 e. The van der Waals surface area contributed by atoms with Crippen molar-refractivity contribution in [1.29, 1.82) is 0 Å². The Morgan fingerprint density at radius 3 is 2.50 bits per heavy atom. The number of carbonyl (C=O) groups is 1. The van der Waals surface area contributed by atoms with Crippen LogP contribution in [0, 0.1) is 13.8 Å². The molecule has 26 heavy (non-hydrogen) atoms. The molecule has 0 aliphatic heterocycles. The second-order valence-electron chi connectivity index (χ2n) is 6.12. The average molecular weight is 410 g/mol. The van der Waals surface area contributed by atoms with Crippen molar-refractivity contribution in [3.05, 3.63) is 93.5 Å². The lowest BCUT2D eigenvalue weighted by Crippen LogP contribution is -2.13. The molecule has 4 heteroatoms. The van der Waals surface area contributed by atoms with Gasteiger partial charge in [-0.25, -0.2) is 0 Å². The number of hydrogen-bond acceptors (Lipinski definition) is 2. The lowest BCUT2D eigenvalue weighted by atomic mass is 10.1. The van der Waals surface area contributed by atoms with Gasteiger partial charge in [0.2, 0.25) is 0 Å². The summed E-state index contributed by atoms with van der Waals surface area (Å²) in [6.45, 7) is 4.51. The van der Waals surface area contributed by atoms with Gasteiger partial charge >= 0.3 is 0 Å². The van der Waals surface area contributed by atoms with Crippen LogP contribution in [0.15, 0.2) is 71.2 Å². The number of nitrogens with one attached hydrogen (secondary N) is 1. The summed E-state index contributed by atoms with van der Waals surface area (Å²) in [5.41, 5.74) is 4.72. The van der Waals surface area contributed by atoms with Crippen molar-refractivity contribution in [2.24, 2.45) is 0 Å². The molecule has 0 aromatic heterocycles. The number of ether oxygens (including phenoxy) is 1. The number of benzene rings is 3. The number of halogens is 1. The third-order valence-corrected chi connectivity index (χ3v) is 4.90. The molecule has 0 aliphatic carbocycles. The number of rotatable bonds is 5. The number of amides is 1. The zero-order chi connectivity index (χ0) is 18.5. The van der Waals surface area contributed by atoms with Crippen molar-refractivity contribution in [3.8, 4) is 5.75 Å². The third-order valence-electron chi connectivity index (χ3n) is 4.28. The molecule has 0 radical (unpaired) electrons. The maximum absolute atomic E-state index is 12.5. The van der Waals surface area contributed by atoms with Crippen molar-refractivity contribution in [2.45, 2.75) is 20.5 Å². The normalized spacial score (nSPS) is 10.4. The first-order valence-corrected chi connectivity index (χ1v) is 9.18. The Morgan fingerprint density at radius 2 is 1.77 bits per heavy atom. The number of aryl methyl sites for hydroxylation is 1. The minimum absolute atomic E-state index is 0.144. The van der Waals surface area contributed by atoms with Gasteiger partial charge in [0, 0.05) is 11.3 Å². The molecule has 0 unspecified atom stereocenters. The number of hydrogen-bond donors (Lipinski definition) is 1. The zero-order valence-corrected chi connectivity index (χ0v) is 16.3. The standard InChI is InChI=1S/C22H20BrNO2/c1-15-7-6-10-20(16(15)2)24-22(25)18-11-12-21(19(23)13-18)26-14-17-8-4-3-5-9-17/h3-13H,14H2,1-2H3,(H,24,25). The molecule has 0 saturated carbocycles. The Morgan fingerprint density at radius 1 is 1.00 bits per heavy atom. The van der Waals surface area contributed by atoms with Crippen molar-refractivity contribution < 1.29 is 9.53 Å². The molecule has 0 aliphatic rings. The minimum Gasteiger partial charge on any atom is -0.488 e. The monoisotopic (exact) mass is 409 g/mol. The van der Waals surface area contributed by atoms with Gasteiger partial charge in [-0.3, -0.25) is 4.79 Å². The van der Waals surface area contributed by atoms with Crippen molar-refractivity contribution in [2.75, 3.05) is 5.32 Å². The van der Waals surface area contributed by atoms with Crippen LogP contribution in [0.4, 0.5) is 5.69 Å². The average Bonchev–Trinajstić information content (AvgIpc) is 2.65. The van der Waals surface area contributed by atoms with Crippen LogP contribution in [0.1, 0.15) is 27.0 Å². The third kappa shape index (κ3) is 4.33. The molecular formula is C22H20BrNO2. The molecule has 0 fully saturated rings. The summed E-state index contributed by atoms with van der Waals surface area (Å²) in [6, 6.07) is 21.2. The topological polar surface area (TPSA) is 38.3 Å². The summed E-state index contributed by atoms with van der Waals surface area (Å²) in [5, 5.41) is 2.97. The van der Waals surface area contributed by atoms with E-state index in [0.717, 1.165) is 26.9 Å². The highest BCUT2D eigenvalue weighted by Gasteiger charge is 2.11. The largest absolute Gasteiger partial charge is 0.488 e. The van der Waals surface area contributed by atoms with Crippen LogP contribution >= 0.6 is 15.9 Å².